The first kappa shape index (κ1) is 11.1. The Kier molecular flexibility index (Phi) is 3.57. The molecule has 1 aliphatic heterocycles. The predicted octanol–water partition coefficient (Wildman–Crippen LogP) is 1.36. The third-order valence-corrected chi connectivity index (χ3v) is 2.21. The molecule has 0 aromatic rings. The molecule has 1 rings (SSSR count). The van der Waals surface area contributed by atoms with E-state index in [1.165, 1.54) is 6.08 Å². The number of carboxylic acid groups (broad SMARTS) is 1. The number of hydrogen-bond acceptors (Lipinski definition) is 2. The Bertz CT molecular complexity index is 231. The van der Waals surface area contributed by atoms with Crippen LogP contribution < -0.4 is 0 Å². The predicted molar refractivity (Wildman–Crippen MR) is 47.4 cm³/mol. The standard InChI is InChI=1S/C9H13F2NO2/c10-9(11)3-6-12(7-4-9)5-1-2-8(13)14/h1-2H,3-7H2,(H,13,14)/b2-1+. The fraction of sp³-hybridized carbons (Fsp3) is 0.667. The number of carbonyl (C=O) groups is 1. The van der Waals surface area contributed by atoms with Crippen LogP contribution in [0, 0.1) is 0 Å². The first-order chi connectivity index (χ1) is 6.49. The molecule has 14 heavy (non-hydrogen) atoms. The van der Waals surface area contributed by atoms with E-state index in [-0.39, 0.29) is 12.8 Å². The van der Waals surface area contributed by atoms with Crippen LogP contribution in [0.1, 0.15) is 12.8 Å². The highest BCUT2D eigenvalue weighted by molar-refractivity contribution is 5.79. The molecule has 1 fully saturated rings. The van der Waals surface area contributed by atoms with Crippen molar-refractivity contribution in [3.05, 3.63) is 12.2 Å². The van der Waals surface area contributed by atoms with Gasteiger partial charge in [-0.1, -0.05) is 6.08 Å². The molecule has 0 spiro atoms. The molecule has 0 atom stereocenters. The van der Waals surface area contributed by atoms with E-state index in [0.29, 0.717) is 19.6 Å². The van der Waals surface area contributed by atoms with E-state index in [0.717, 1.165) is 6.08 Å². The highest BCUT2D eigenvalue weighted by Crippen LogP contribution is 2.27. The molecule has 1 saturated heterocycles. The average molecular weight is 205 g/mol. The van der Waals surface area contributed by atoms with Crippen LogP contribution in [0.3, 0.4) is 0 Å². The monoisotopic (exact) mass is 205 g/mol. The number of likely N-dealkylation sites (tertiary alicyclic amines) is 1. The van der Waals surface area contributed by atoms with E-state index in [2.05, 4.69) is 0 Å². The molecule has 0 radical (unpaired) electrons. The lowest BCUT2D eigenvalue weighted by atomic mass is 10.1. The summed E-state index contributed by atoms with van der Waals surface area (Å²) < 4.78 is 25.4. The third-order valence-electron chi connectivity index (χ3n) is 2.21. The van der Waals surface area contributed by atoms with Gasteiger partial charge in [-0.2, -0.15) is 0 Å². The fourth-order valence-corrected chi connectivity index (χ4v) is 1.37. The van der Waals surface area contributed by atoms with Gasteiger partial charge in [0, 0.05) is 38.6 Å². The van der Waals surface area contributed by atoms with Gasteiger partial charge in [0.05, 0.1) is 0 Å². The number of piperidine rings is 1. The van der Waals surface area contributed by atoms with Crippen LogP contribution in [0.4, 0.5) is 8.78 Å². The van der Waals surface area contributed by atoms with Gasteiger partial charge in [-0.05, 0) is 0 Å². The maximum Gasteiger partial charge on any atom is 0.328 e. The lowest BCUT2D eigenvalue weighted by molar-refractivity contribution is -0.131. The van der Waals surface area contributed by atoms with Gasteiger partial charge in [0.1, 0.15) is 0 Å². The molecule has 1 heterocycles. The summed E-state index contributed by atoms with van der Waals surface area (Å²) in [6, 6.07) is 0. The largest absolute Gasteiger partial charge is 0.478 e. The van der Waals surface area contributed by atoms with Gasteiger partial charge in [-0.15, -0.1) is 0 Å². The molecule has 1 N–H and O–H groups in total. The summed E-state index contributed by atoms with van der Waals surface area (Å²) in [5.74, 6) is -3.54. The quantitative estimate of drug-likeness (QED) is 0.707. The summed E-state index contributed by atoms with van der Waals surface area (Å²) in [7, 11) is 0. The van der Waals surface area contributed by atoms with Crippen LogP contribution in [0.25, 0.3) is 0 Å². The Balaban J connectivity index is 2.26. The van der Waals surface area contributed by atoms with Crippen molar-refractivity contribution in [2.24, 2.45) is 0 Å². The molecule has 0 aromatic carbocycles. The van der Waals surface area contributed by atoms with Crippen molar-refractivity contribution >= 4 is 5.97 Å². The maximum absolute atomic E-state index is 12.7. The van der Waals surface area contributed by atoms with Gasteiger partial charge in [0.25, 0.3) is 5.92 Å². The Morgan fingerprint density at radius 1 is 1.43 bits per heavy atom. The van der Waals surface area contributed by atoms with Crippen molar-refractivity contribution in [2.45, 2.75) is 18.8 Å². The number of carboxylic acids is 1. The Morgan fingerprint density at radius 2 is 2.00 bits per heavy atom. The van der Waals surface area contributed by atoms with Crippen molar-refractivity contribution in [1.29, 1.82) is 0 Å². The van der Waals surface area contributed by atoms with Gasteiger partial charge in [0.15, 0.2) is 0 Å². The lowest BCUT2D eigenvalue weighted by Gasteiger charge is -2.30. The first-order valence-corrected chi connectivity index (χ1v) is 4.49. The maximum atomic E-state index is 12.7. The minimum Gasteiger partial charge on any atom is -0.478 e. The zero-order valence-electron chi connectivity index (χ0n) is 7.75. The van der Waals surface area contributed by atoms with Gasteiger partial charge in [-0.3, -0.25) is 4.90 Å². The second-order valence-corrected chi connectivity index (χ2v) is 3.40. The molecule has 0 aliphatic carbocycles. The van der Waals surface area contributed by atoms with Gasteiger partial charge in [-0.25, -0.2) is 13.6 Å². The van der Waals surface area contributed by atoms with Crippen molar-refractivity contribution in [3.8, 4) is 0 Å². The summed E-state index contributed by atoms with van der Waals surface area (Å²) in [5, 5.41) is 8.30. The molecule has 1 aliphatic rings. The highest BCUT2D eigenvalue weighted by atomic mass is 19.3. The van der Waals surface area contributed by atoms with E-state index in [9.17, 15) is 13.6 Å². The molecule has 0 saturated carbocycles. The minimum absolute atomic E-state index is 0.131. The van der Waals surface area contributed by atoms with Crippen LogP contribution >= 0.6 is 0 Å². The average Bonchev–Trinajstić information content (AvgIpc) is 2.07. The molecule has 0 amide bonds. The second-order valence-electron chi connectivity index (χ2n) is 3.40. The van der Waals surface area contributed by atoms with E-state index in [4.69, 9.17) is 5.11 Å². The highest BCUT2D eigenvalue weighted by Gasteiger charge is 2.33. The van der Waals surface area contributed by atoms with Crippen molar-refractivity contribution in [2.75, 3.05) is 19.6 Å². The molecule has 5 heteroatoms. The van der Waals surface area contributed by atoms with Crippen LogP contribution in [-0.2, 0) is 4.79 Å². The van der Waals surface area contributed by atoms with Crippen molar-refractivity contribution in [1.82, 2.24) is 4.90 Å². The lowest BCUT2D eigenvalue weighted by Crippen LogP contribution is -2.39. The van der Waals surface area contributed by atoms with E-state index in [1.807, 2.05) is 4.90 Å². The van der Waals surface area contributed by atoms with Crippen molar-refractivity contribution < 1.29 is 18.7 Å². The summed E-state index contributed by atoms with van der Waals surface area (Å²) in [6.45, 7) is 1.09. The summed E-state index contributed by atoms with van der Waals surface area (Å²) in [4.78, 5) is 11.9. The first-order valence-electron chi connectivity index (χ1n) is 4.49. The molecule has 0 unspecified atom stereocenters. The van der Waals surface area contributed by atoms with Crippen molar-refractivity contribution in [3.63, 3.8) is 0 Å². The topological polar surface area (TPSA) is 40.5 Å². The van der Waals surface area contributed by atoms with E-state index >= 15 is 0 Å². The zero-order chi connectivity index (χ0) is 10.6. The number of nitrogens with zero attached hydrogens (tertiary/aromatic N) is 1. The summed E-state index contributed by atoms with van der Waals surface area (Å²) >= 11 is 0. The Hall–Kier alpha value is -0.970. The van der Waals surface area contributed by atoms with Gasteiger partial charge in [0.2, 0.25) is 0 Å². The molecular weight excluding hydrogens is 192 g/mol. The third kappa shape index (κ3) is 3.83. The molecule has 0 bridgehead atoms. The SMILES string of the molecule is O=C(O)/C=C/CN1CCC(F)(F)CC1. The fourth-order valence-electron chi connectivity index (χ4n) is 1.37. The Morgan fingerprint density at radius 3 is 2.50 bits per heavy atom. The zero-order valence-corrected chi connectivity index (χ0v) is 7.75. The van der Waals surface area contributed by atoms with E-state index in [1.54, 1.807) is 0 Å². The smallest absolute Gasteiger partial charge is 0.328 e. The summed E-state index contributed by atoms with van der Waals surface area (Å²) in [6.07, 6.45) is 2.25. The Labute approximate surface area is 81.0 Å². The van der Waals surface area contributed by atoms with Gasteiger partial charge >= 0.3 is 5.97 Å². The van der Waals surface area contributed by atoms with Crippen LogP contribution in [0.15, 0.2) is 12.2 Å². The molecule has 3 nitrogen and oxygen atoms in total. The number of aliphatic carboxylic acids is 1. The second kappa shape index (κ2) is 4.50. The van der Waals surface area contributed by atoms with Crippen LogP contribution in [0.5, 0.6) is 0 Å². The molecular formula is C9H13F2NO2. The van der Waals surface area contributed by atoms with Crippen LogP contribution in [0.2, 0.25) is 0 Å². The number of hydrogen-bond donors (Lipinski definition) is 1. The molecule has 80 valence electrons. The molecule has 0 aromatic heterocycles. The number of halogens is 2. The minimum atomic E-state index is -2.53. The normalized spacial score (nSPS) is 22.7. The number of rotatable bonds is 3. The van der Waals surface area contributed by atoms with E-state index < -0.39 is 11.9 Å². The van der Waals surface area contributed by atoms with Crippen LogP contribution in [-0.4, -0.2) is 41.5 Å². The summed E-state index contributed by atoms with van der Waals surface area (Å²) in [5.41, 5.74) is 0. The van der Waals surface area contributed by atoms with Gasteiger partial charge < -0.3 is 5.11 Å². The number of alkyl halides is 2.